The van der Waals surface area contributed by atoms with Gasteiger partial charge in [0.25, 0.3) is 0 Å². The van der Waals surface area contributed by atoms with Crippen LogP contribution in [0.15, 0.2) is 0 Å². The predicted octanol–water partition coefficient (Wildman–Crippen LogP) is -1.15. The minimum absolute atomic E-state index is 0.0409. The molecule has 0 amide bonds. The average Bonchev–Trinajstić information content (AvgIpc) is 2.30. The van der Waals surface area contributed by atoms with Gasteiger partial charge in [0.1, 0.15) is 7.85 Å². The van der Waals surface area contributed by atoms with Crippen molar-refractivity contribution in [3.63, 3.8) is 0 Å². The topological polar surface area (TPSA) is 41.5 Å². The van der Waals surface area contributed by atoms with Gasteiger partial charge in [-0.2, -0.15) is 0 Å². The van der Waals surface area contributed by atoms with Gasteiger partial charge < -0.3 is 15.2 Å². The third kappa shape index (κ3) is 1.51. The summed E-state index contributed by atoms with van der Waals surface area (Å²) in [4.78, 5) is 0. The number of aliphatic hydroxyl groups is 1. The Labute approximate surface area is 62.2 Å². The first-order chi connectivity index (χ1) is 4.77. The van der Waals surface area contributed by atoms with E-state index in [1.165, 1.54) is 0 Å². The fraction of sp³-hybridized carbons (Fsp3) is 1.00. The molecule has 0 aliphatic carbocycles. The SMILES string of the molecule is [B][C@H]1C[C@@H](NC)[C@@H](CO)O1. The zero-order chi connectivity index (χ0) is 7.56. The molecule has 10 heavy (non-hydrogen) atoms. The fourth-order valence-corrected chi connectivity index (χ4v) is 1.25. The molecule has 1 aliphatic rings. The normalized spacial score (nSPS) is 40.4. The Bertz CT molecular complexity index is 99.9. The van der Waals surface area contributed by atoms with Crippen LogP contribution < -0.4 is 5.32 Å². The van der Waals surface area contributed by atoms with Crippen molar-refractivity contribution < 1.29 is 9.84 Å². The number of hydrogen-bond donors (Lipinski definition) is 2. The highest BCUT2D eigenvalue weighted by Gasteiger charge is 2.30. The molecule has 4 heteroatoms. The molecule has 1 heterocycles. The largest absolute Gasteiger partial charge is 0.394 e. The van der Waals surface area contributed by atoms with Gasteiger partial charge in [0, 0.05) is 12.0 Å². The van der Waals surface area contributed by atoms with Crippen molar-refractivity contribution in [2.24, 2.45) is 0 Å². The second kappa shape index (κ2) is 3.37. The standard InChI is InChI=1S/C6H12BNO2/c1-8-4-2-6(7)10-5(4)3-9/h4-6,8-9H,2-3H2,1H3/t4-,5-,6-/m1/s1. The summed E-state index contributed by atoms with van der Waals surface area (Å²) in [7, 11) is 7.34. The van der Waals surface area contributed by atoms with Crippen LogP contribution in [0, 0.1) is 0 Å². The van der Waals surface area contributed by atoms with E-state index in [0.717, 1.165) is 6.42 Å². The lowest BCUT2D eigenvalue weighted by Crippen LogP contribution is -2.35. The summed E-state index contributed by atoms with van der Waals surface area (Å²) in [5.41, 5.74) is 0. The summed E-state index contributed by atoms with van der Waals surface area (Å²) in [5, 5.41) is 11.8. The third-order valence-electron chi connectivity index (χ3n) is 1.84. The molecule has 3 atom stereocenters. The molecule has 56 valence electrons. The van der Waals surface area contributed by atoms with Crippen molar-refractivity contribution in [2.45, 2.75) is 24.6 Å². The predicted molar refractivity (Wildman–Crippen MR) is 39.0 cm³/mol. The molecule has 0 aromatic heterocycles. The van der Waals surface area contributed by atoms with E-state index in [2.05, 4.69) is 5.32 Å². The lowest BCUT2D eigenvalue weighted by molar-refractivity contribution is 0.0344. The summed E-state index contributed by atoms with van der Waals surface area (Å²) in [6.07, 6.45) is 0.654. The van der Waals surface area contributed by atoms with Crippen molar-refractivity contribution >= 4 is 7.85 Å². The Morgan fingerprint density at radius 1 is 1.80 bits per heavy atom. The number of aliphatic hydroxyl groups excluding tert-OH is 1. The van der Waals surface area contributed by atoms with E-state index in [1.807, 2.05) is 7.05 Å². The quantitative estimate of drug-likeness (QED) is 0.477. The highest BCUT2D eigenvalue weighted by Crippen LogP contribution is 2.17. The second-order valence-corrected chi connectivity index (χ2v) is 2.53. The van der Waals surface area contributed by atoms with Gasteiger partial charge in [0.15, 0.2) is 0 Å². The van der Waals surface area contributed by atoms with E-state index >= 15 is 0 Å². The maximum atomic E-state index is 8.76. The highest BCUT2D eigenvalue weighted by atomic mass is 16.5. The first kappa shape index (κ1) is 8.05. The molecular formula is C6H12BNO2. The van der Waals surface area contributed by atoms with Crippen LogP contribution in [0.5, 0.6) is 0 Å². The molecule has 0 unspecified atom stereocenters. The number of likely N-dealkylation sites (N-methyl/N-ethyl adjacent to an activating group) is 1. The maximum Gasteiger partial charge on any atom is 0.109 e. The lowest BCUT2D eigenvalue weighted by atomic mass is 9.95. The van der Waals surface area contributed by atoms with Gasteiger partial charge in [-0.1, -0.05) is 0 Å². The Morgan fingerprint density at radius 3 is 2.90 bits per heavy atom. The van der Waals surface area contributed by atoms with Crippen LogP contribution in [0.2, 0.25) is 0 Å². The molecule has 3 nitrogen and oxygen atoms in total. The highest BCUT2D eigenvalue weighted by molar-refractivity contribution is 6.11. The summed E-state index contributed by atoms with van der Waals surface area (Å²) >= 11 is 0. The van der Waals surface area contributed by atoms with E-state index in [4.69, 9.17) is 17.7 Å². The molecule has 1 fully saturated rings. The van der Waals surface area contributed by atoms with Gasteiger partial charge >= 0.3 is 0 Å². The smallest absolute Gasteiger partial charge is 0.109 e. The zero-order valence-electron chi connectivity index (χ0n) is 6.08. The minimum Gasteiger partial charge on any atom is -0.394 e. The molecule has 1 rings (SSSR count). The Hall–Kier alpha value is -0.0551. The van der Waals surface area contributed by atoms with Crippen molar-refractivity contribution in [3.8, 4) is 0 Å². The van der Waals surface area contributed by atoms with E-state index in [1.54, 1.807) is 0 Å². The van der Waals surface area contributed by atoms with Crippen LogP contribution in [0.4, 0.5) is 0 Å². The van der Waals surface area contributed by atoms with Crippen LogP contribution in [-0.2, 0) is 4.74 Å². The lowest BCUT2D eigenvalue weighted by Gasteiger charge is -2.14. The van der Waals surface area contributed by atoms with Crippen LogP contribution in [0.25, 0.3) is 0 Å². The van der Waals surface area contributed by atoms with Gasteiger partial charge in [-0.3, -0.25) is 0 Å². The first-order valence-corrected chi connectivity index (χ1v) is 3.47. The summed E-state index contributed by atoms with van der Waals surface area (Å²) < 4.78 is 5.18. The summed E-state index contributed by atoms with van der Waals surface area (Å²) in [6.45, 7) is 0.0409. The summed E-state index contributed by atoms with van der Waals surface area (Å²) in [5.74, 6) is 0. The molecule has 0 spiro atoms. The number of rotatable bonds is 2. The molecule has 0 aromatic rings. The molecule has 1 aliphatic heterocycles. The molecule has 0 aromatic carbocycles. The van der Waals surface area contributed by atoms with E-state index < -0.39 is 0 Å². The minimum atomic E-state index is -0.213. The fourth-order valence-electron chi connectivity index (χ4n) is 1.25. The van der Waals surface area contributed by atoms with Crippen LogP contribution in [-0.4, -0.2) is 44.8 Å². The second-order valence-electron chi connectivity index (χ2n) is 2.53. The van der Waals surface area contributed by atoms with Crippen molar-refractivity contribution in [1.29, 1.82) is 0 Å². The van der Waals surface area contributed by atoms with Crippen LogP contribution in [0.1, 0.15) is 6.42 Å². The number of nitrogens with one attached hydrogen (secondary N) is 1. The van der Waals surface area contributed by atoms with Gasteiger partial charge in [-0.05, 0) is 13.5 Å². The Morgan fingerprint density at radius 2 is 2.50 bits per heavy atom. The maximum absolute atomic E-state index is 8.76. The van der Waals surface area contributed by atoms with Crippen molar-refractivity contribution in [3.05, 3.63) is 0 Å². The first-order valence-electron chi connectivity index (χ1n) is 3.47. The number of hydrogen-bond acceptors (Lipinski definition) is 3. The van der Waals surface area contributed by atoms with E-state index in [0.29, 0.717) is 0 Å². The molecule has 2 N–H and O–H groups in total. The average molecular weight is 141 g/mol. The van der Waals surface area contributed by atoms with Crippen LogP contribution in [0.3, 0.4) is 0 Å². The van der Waals surface area contributed by atoms with Crippen molar-refractivity contribution in [1.82, 2.24) is 5.32 Å². The molecule has 0 saturated carbocycles. The monoisotopic (exact) mass is 141 g/mol. The Kier molecular flexibility index (Phi) is 2.71. The third-order valence-corrected chi connectivity index (χ3v) is 1.84. The van der Waals surface area contributed by atoms with Crippen molar-refractivity contribution in [2.75, 3.05) is 13.7 Å². The Balaban J connectivity index is 2.41. The molecule has 2 radical (unpaired) electrons. The zero-order valence-corrected chi connectivity index (χ0v) is 6.08. The van der Waals surface area contributed by atoms with Gasteiger partial charge in [0.05, 0.1) is 12.7 Å². The van der Waals surface area contributed by atoms with Gasteiger partial charge in [0.2, 0.25) is 0 Å². The molecule has 0 bridgehead atoms. The van der Waals surface area contributed by atoms with E-state index in [9.17, 15) is 0 Å². The summed E-state index contributed by atoms with van der Waals surface area (Å²) in [6, 6.07) is -0.00500. The number of ether oxygens (including phenoxy) is 1. The molecular weight excluding hydrogens is 129 g/mol. The van der Waals surface area contributed by atoms with Crippen LogP contribution >= 0.6 is 0 Å². The molecule has 1 saturated heterocycles. The van der Waals surface area contributed by atoms with Gasteiger partial charge in [-0.25, -0.2) is 0 Å². The van der Waals surface area contributed by atoms with Gasteiger partial charge in [-0.15, -0.1) is 0 Å². The van der Waals surface area contributed by atoms with E-state index in [-0.39, 0.29) is 24.8 Å².